The van der Waals surface area contributed by atoms with Gasteiger partial charge >= 0.3 is 5.97 Å². The third-order valence-corrected chi connectivity index (χ3v) is 4.72. The number of hydrogen-bond acceptors (Lipinski definition) is 6. The molecule has 0 unspecified atom stereocenters. The highest BCUT2D eigenvalue weighted by Crippen LogP contribution is 2.40. The Bertz CT molecular complexity index is 882. The van der Waals surface area contributed by atoms with Crippen LogP contribution in [0.15, 0.2) is 18.2 Å². The van der Waals surface area contributed by atoms with E-state index in [1.807, 2.05) is 19.9 Å². The molecule has 0 amide bonds. The van der Waals surface area contributed by atoms with E-state index in [0.29, 0.717) is 36.0 Å². The maximum absolute atomic E-state index is 12.6. The van der Waals surface area contributed by atoms with Crippen molar-refractivity contribution >= 4 is 11.8 Å². The Balaban J connectivity index is 1.72. The van der Waals surface area contributed by atoms with Crippen LogP contribution in [0.5, 0.6) is 17.2 Å². The third kappa shape index (κ3) is 3.83. The maximum atomic E-state index is 12.6. The smallest absolute Gasteiger partial charge is 0.338 e. The summed E-state index contributed by atoms with van der Waals surface area (Å²) in [7, 11) is 1.48. The van der Waals surface area contributed by atoms with E-state index in [0.717, 1.165) is 24.4 Å². The molecule has 7 nitrogen and oxygen atoms in total. The van der Waals surface area contributed by atoms with Crippen molar-refractivity contribution in [2.75, 3.05) is 26.9 Å². The summed E-state index contributed by atoms with van der Waals surface area (Å²) in [6.45, 7) is 7.28. The first-order valence-electron chi connectivity index (χ1n) is 9.31. The number of fused-ring (bicyclic) bond motifs is 1. The number of methoxy groups -OCH3 is 1. The zero-order valence-electron chi connectivity index (χ0n) is 16.7. The molecule has 0 N–H and O–H groups in total. The largest absolute Gasteiger partial charge is 0.493 e. The first kappa shape index (κ1) is 19.8. The van der Waals surface area contributed by atoms with Gasteiger partial charge in [-0.1, -0.05) is 6.92 Å². The van der Waals surface area contributed by atoms with Crippen molar-refractivity contribution in [1.82, 2.24) is 4.57 Å². The molecular formula is C21H25NO6. The van der Waals surface area contributed by atoms with Gasteiger partial charge < -0.3 is 23.5 Å². The lowest BCUT2D eigenvalue weighted by molar-refractivity contribution is 0.0473. The van der Waals surface area contributed by atoms with Gasteiger partial charge in [-0.15, -0.1) is 0 Å². The van der Waals surface area contributed by atoms with Crippen LogP contribution in [0, 0.1) is 13.8 Å². The second kappa shape index (κ2) is 8.37. The minimum absolute atomic E-state index is 0.228. The van der Waals surface area contributed by atoms with Crippen LogP contribution in [0.2, 0.25) is 0 Å². The van der Waals surface area contributed by atoms with E-state index in [1.54, 1.807) is 0 Å². The molecular weight excluding hydrogens is 362 g/mol. The van der Waals surface area contributed by atoms with Crippen molar-refractivity contribution in [3.05, 3.63) is 40.7 Å². The minimum atomic E-state index is -0.619. The maximum Gasteiger partial charge on any atom is 0.338 e. The summed E-state index contributed by atoms with van der Waals surface area (Å²) in [5, 5.41) is 0. The van der Waals surface area contributed by atoms with Crippen molar-refractivity contribution in [1.29, 1.82) is 0 Å². The standard InChI is InChI=1S/C21H25NO6/c1-5-6-22-13(2)9-16(14(22)3)17(23)12-28-21(24)15-10-18(25-4)20-19(11-15)26-7-8-27-20/h9-11H,5-8,12H2,1-4H3. The minimum Gasteiger partial charge on any atom is -0.493 e. The topological polar surface area (TPSA) is 76.0 Å². The SMILES string of the molecule is CCCn1c(C)cc(C(=O)COC(=O)c2cc(OC)c3c(c2)OCCO3)c1C. The number of aromatic nitrogens is 1. The second-order valence-corrected chi connectivity index (χ2v) is 6.64. The number of Topliss-reactive ketones (excluding diaryl/α,β-unsaturated/α-hetero) is 1. The molecule has 1 aromatic carbocycles. The van der Waals surface area contributed by atoms with Gasteiger partial charge in [0.2, 0.25) is 11.5 Å². The van der Waals surface area contributed by atoms with Gasteiger partial charge in [-0.2, -0.15) is 0 Å². The van der Waals surface area contributed by atoms with Crippen LogP contribution in [-0.4, -0.2) is 43.3 Å². The lowest BCUT2D eigenvalue weighted by Crippen LogP contribution is -2.18. The van der Waals surface area contributed by atoms with E-state index in [1.165, 1.54) is 19.2 Å². The summed E-state index contributed by atoms with van der Waals surface area (Å²) in [5.74, 6) is 0.426. The molecule has 2 aromatic rings. The molecule has 150 valence electrons. The number of benzene rings is 1. The highest BCUT2D eigenvalue weighted by atomic mass is 16.6. The molecule has 0 spiro atoms. The normalized spacial score (nSPS) is 12.6. The number of nitrogens with zero attached hydrogens (tertiary/aromatic N) is 1. The Morgan fingerprint density at radius 2 is 1.89 bits per heavy atom. The van der Waals surface area contributed by atoms with Gasteiger partial charge in [0.05, 0.1) is 12.7 Å². The monoisotopic (exact) mass is 387 g/mol. The lowest BCUT2D eigenvalue weighted by Gasteiger charge is -2.21. The predicted molar refractivity (Wildman–Crippen MR) is 103 cm³/mol. The molecule has 3 rings (SSSR count). The van der Waals surface area contributed by atoms with Gasteiger partial charge in [0.25, 0.3) is 0 Å². The van der Waals surface area contributed by atoms with Crippen molar-refractivity contribution in [2.45, 2.75) is 33.7 Å². The van der Waals surface area contributed by atoms with Crippen molar-refractivity contribution in [3.8, 4) is 17.2 Å². The van der Waals surface area contributed by atoms with E-state index in [-0.39, 0.29) is 18.0 Å². The molecule has 2 heterocycles. The molecule has 1 aromatic heterocycles. The van der Waals surface area contributed by atoms with Crippen LogP contribution >= 0.6 is 0 Å². The molecule has 0 bridgehead atoms. The van der Waals surface area contributed by atoms with E-state index >= 15 is 0 Å². The third-order valence-electron chi connectivity index (χ3n) is 4.72. The Hall–Kier alpha value is -2.96. The molecule has 0 aliphatic carbocycles. The van der Waals surface area contributed by atoms with Crippen LogP contribution in [0.25, 0.3) is 0 Å². The first-order chi connectivity index (χ1) is 13.5. The van der Waals surface area contributed by atoms with Crippen molar-refractivity contribution in [2.24, 2.45) is 0 Å². The van der Waals surface area contributed by atoms with Crippen molar-refractivity contribution in [3.63, 3.8) is 0 Å². The Labute approximate surface area is 164 Å². The fourth-order valence-corrected chi connectivity index (χ4v) is 3.33. The molecule has 0 saturated carbocycles. The highest BCUT2D eigenvalue weighted by Gasteiger charge is 2.23. The van der Waals surface area contributed by atoms with E-state index < -0.39 is 5.97 Å². The number of esters is 1. The van der Waals surface area contributed by atoms with Gasteiger partial charge in [0, 0.05) is 23.5 Å². The average Bonchev–Trinajstić information content (AvgIpc) is 2.99. The first-order valence-corrected chi connectivity index (χ1v) is 9.31. The number of aryl methyl sites for hydroxylation is 1. The summed E-state index contributed by atoms with van der Waals surface area (Å²) < 4.78 is 23.7. The van der Waals surface area contributed by atoms with Crippen LogP contribution < -0.4 is 14.2 Å². The number of ether oxygens (including phenoxy) is 4. The summed E-state index contributed by atoms with van der Waals surface area (Å²) in [5.41, 5.74) is 2.73. The average molecular weight is 387 g/mol. The van der Waals surface area contributed by atoms with E-state index in [9.17, 15) is 9.59 Å². The number of carbonyl (C=O) groups is 2. The predicted octanol–water partition coefficient (Wildman–Crippen LogP) is 3.33. The van der Waals surface area contributed by atoms with Gasteiger partial charge in [-0.3, -0.25) is 4.79 Å². The van der Waals surface area contributed by atoms with Crippen LogP contribution in [-0.2, 0) is 11.3 Å². The zero-order chi connectivity index (χ0) is 20.3. The number of ketones is 1. The lowest BCUT2D eigenvalue weighted by atomic mass is 10.1. The molecule has 1 aliphatic rings. The summed E-state index contributed by atoms with van der Waals surface area (Å²) in [6.07, 6.45) is 0.977. The molecule has 0 radical (unpaired) electrons. The molecule has 7 heteroatoms. The fourth-order valence-electron chi connectivity index (χ4n) is 3.33. The quantitative estimate of drug-likeness (QED) is 0.536. The van der Waals surface area contributed by atoms with E-state index in [4.69, 9.17) is 18.9 Å². The second-order valence-electron chi connectivity index (χ2n) is 6.64. The van der Waals surface area contributed by atoms with Gasteiger partial charge in [0.1, 0.15) is 13.2 Å². The zero-order valence-corrected chi connectivity index (χ0v) is 16.7. The van der Waals surface area contributed by atoms with Crippen molar-refractivity contribution < 1.29 is 28.5 Å². The Kier molecular flexibility index (Phi) is 5.92. The van der Waals surface area contributed by atoms with E-state index in [2.05, 4.69) is 11.5 Å². The van der Waals surface area contributed by atoms with Crippen LogP contribution in [0.3, 0.4) is 0 Å². The van der Waals surface area contributed by atoms with Gasteiger partial charge in [0.15, 0.2) is 18.1 Å². The summed E-state index contributed by atoms with van der Waals surface area (Å²) >= 11 is 0. The number of rotatable bonds is 7. The van der Waals surface area contributed by atoms with Gasteiger partial charge in [-0.05, 0) is 38.5 Å². The summed E-state index contributed by atoms with van der Waals surface area (Å²) in [4.78, 5) is 25.0. The number of hydrogen-bond donors (Lipinski definition) is 0. The molecule has 28 heavy (non-hydrogen) atoms. The Morgan fingerprint density at radius 1 is 1.14 bits per heavy atom. The molecule has 0 atom stereocenters. The fraction of sp³-hybridized carbons (Fsp3) is 0.429. The highest BCUT2D eigenvalue weighted by molar-refractivity contribution is 6.00. The summed E-state index contributed by atoms with van der Waals surface area (Å²) in [6, 6.07) is 4.90. The Morgan fingerprint density at radius 3 is 2.61 bits per heavy atom. The molecule has 0 saturated heterocycles. The molecule has 0 fully saturated rings. The molecule has 1 aliphatic heterocycles. The number of carbonyl (C=O) groups excluding carboxylic acids is 2. The van der Waals surface area contributed by atoms with Gasteiger partial charge in [-0.25, -0.2) is 4.79 Å². The van der Waals surface area contributed by atoms with Crippen LogP contribution in [0.4, 0.5) is 0 Å². The van der Waals surface area contributed by atoms with Crippen LogP contribution in [0.1, 0.15) is 45.4 Å².